The first kappa shape index (κ1) is 21.2. The van der Waals surface area contributed by atoms with E-state index in [4.69, 9.17) is 9.47 Å². The second kappa shape index (κ2) is 8.14. The minimum absolute atomic E-state index is 0.00282. The van der Waals surface area contributed by atoms with E-state index in [1.54, 1.807) is 31.5 Å². The van der Waals surface area contributed by atoms with Gasteiger partial charge in [-0.1, -0.05) is 24.3 Å². The number of rotatable bonds is 3. The Labute approximate surface area is 197 Å². The van der Waals surface area contributed by atoms with Crippen molar-refractivity contribution in [2.75, 3.05) is 51.0 Å². The summed E-state index contributed by atoms with van der Waals surface area (Å²) >= 11 is 0. The number of carbonyl (C=O) groups is 1. The van der Waals surface area contributed by atoms with Crippen LogP contribution in [0, 0.1) is 12.7 Å². The molecular weight excluding hydrogens is 435 g/mol. The number of morpholine rings is 1. The molecule has 2 fully saturated rings. The number of nitrogens with zero attached hydrogens (tertiary/aromatic N) is 4. The van der Waals surface area contributed by atoms with Gasteiger partial charge in [0, 0.05) is 54.4 Å². The number of aromatic nitrogens is 2. The molecule has 3 aliphatic heterocycles. The summed E-state index contributed by atoms with van der Waals surface area (Å²) < 4.78 is 25.6. The van der Waals surface area contributed by atoms with Crippen molar-refractivity contribution in [3.8, 4) is 11.1 Å². The zero-order valence-electron chi connectivity index (χ0n) is 19.0. The highest BCUT2D eigenvalue weighted by atomic mass is 19.1. The van der Waals surface area contributed by atoms with Crippen LogP contribution in [0.15, 0.2) is 48.8 Å². The third-order valence-corrected chi connectivity index (χ3v) is 7.01. The fourth-order valence-corrected chi connectivity index (χ4v) is 5.00. The summed E-state index contributed by atoms with van der Waals surface area (Å²) in [4.78, 5) is 26.2. The van der Waals surface area contributed by atoms with Crippen LogP contribution >= 0.6 is 0 Å². The summed E-state index contributed by atoms with van der Waals surface area (Å²) in [6.07, 6.45) is 3.32. The van der Waals surface area contributed by atoms with E-state index >= 15 is 0 Å². The quantitative estimate of drug-likeness (QED) is 0.596. The number of hydrogen-bond acceptors (Lipinski definition) is 6. The molecule has 0 atom stereocenters. The number of carbonyl (C=O) groups excluding carboxylic acids is 1. The Morgan fingerprint density at radius 2 is 1.82 bits per heavy atom. The van der Waals surface area contributed by atoms with Gasteiger partial charge in [-0.25, -0.2) is 14.4 Å². The Morgan fingerprint density at radius 3 is 2.53 bits per heavy atom. The second-order valence-corrected chi connectivity index (χ2v) is 9.20. The Hall–Kier alpha value is -3.36. The van der Waals surface area contributed by atoms with Crippen LogP contribution in [0.1, 0.15) is 21.5 Å². The summed E-state index contributed by atoms with van der Waals surface area (Å²) in [7, 11) is 0. The van der Waals surface area contributed by atoms with Crippen LogP contribution in [0.3, 0.4) is 0 Å². The molecular formula is C26H25FN4O3. The average molecular weight is 461 g/mol. The number of amides is 1. The fourth-order valence-electron chi connectivity index (χ4n) is 5.00. The van der Waals surface area contributed by atoms with Crippen molar-refractivity contribution in [1.29, 1.82) is 0 Å². The minimum Gasteiger partial charge on any atom is -0.379 e. The molecule has 0 saturated carbocycles. The van der Waals surface area contributed by atoms with Crippen LogP contribution in [0.4, 0.5) is 16.0 Å². The Kier molecular flexibility index (Phi) is 5.08. The normalized spacial score (nSPS) is 18.6. The van der Waals surface area contributed by atoms with E-state index in [9.17, 15) is 9.18 Å². The molecule has 7 nitrogen and oxygen atoms in total. The molecule has 174 valence electrons. The van der Waals surface area contributed by atoms with E-state index in [1.807, 2.05) is 34.1 Å². The molecule has 0 radical (unpaired) electrons. The van der Waals surface area contributed by atoms with Gasteiger partial charge in [0.05, 0.1) is 31.8 Å². The lowest BCUT2D eigenvalue weighted by molar-refractivity contribution is -0.0507. The van der Waals surface area contributed by atoms with Crippen molar-refractivity contribution in [2.45, 2.75) is 12.3 Å². The SMILES string of the molecule is Cc1cccc(-c2cnc(N3CC4(COC4)c4ccc(C(=O)N5CCOCC5)cc43)nc2)c1F. The number of anilines is 2. The molecule has 0 N–H and O–H groups in total. The van der Waals surface area contributed by atoms with Crippen LogP contribution in [-0.4, -0.2) is 66.8 Å². The number of benzene rings is 2. The van der Waals surface area contributed by atoms with Crippen molar-refractivity contribution >= 4 is 17.5 Å². The van der Waals surface area contributed by atoms with E-state index < -0.39 is 0 Å². The molecule has 1 aromatic heterocycles. The van der Waals surface area contributed by atoms with Gasteiger partial charge in [0.15, 0.2) is 0 Å². The third kappa shape index (κ3) is 3.36. The van der Waals surface area contributed by atoms with E-state index in [1.165, 1.54) is 0 Å². The predicted octanol–water partition coefficient (Wildman–Crippen LogP) is 3.48. The smallest absolute Gasteiger partial charge is 0.254 e. The van der Waals surface area contributed by atoms with Crippen LogP contribution in [0.2, 0.25) is 0 Å². The molecule has 4 heterocycles. The summed E-state index contributed by atoms with van der Waals surface area (Å²) in [6, 6.07) is 11.2. The minimum atomic E-state index is -0.262. The van der Waals surface area contributed by atoms with Gasteiger partial charge in [0.1, 0.15) is 5.82 Å². The monoisotopic (exact) mass is 460 g/mol. The first-order valence-corrected chi connectivity index (χ1v) is 11.5. The highest BCUT2D eigenvalue weighted by Crippen LogP contribution is 2.48. The van der Waals surface area contributed by atoms with Gasteiger partial charge >= 0.3 is 0 Å². The molecule has 0 unspecified atom stereocenters. The maximum absolute atomic E-state index is 14.6. The highest BCUT2D eigenvalue weighted by molar-refractivity contribution is 5.96. The summed E-state index contributed by atoms with van der Waals surface area (Å²) in [6.45, 7) is 5.98. The lowest BCUT2D eigenvalue weighted by Gasteiger charge is -2.38. The van der Waals surface area contributed by atoms with Crippen molar-refractivity contribution < 1.29 is 18.7 Å². The van der Waals surface area contributed by atoms with Gasteiger partial charge in [-0.2, -0.15) is 0 Å². The van der Waals surface area contributed by atoms with Crippen molar-refractivity contribution in [3.63, 3.8) is 0 Å². The molecule has 8 heteroatoms. The summed E-state index contributed by atoms with van der Waals surface area (Å²) in [5, 5.41) is 0. The zero-order valence-corrected chi connectivity index (χ0v) is 19.0. The Bertz CT molecular complexity index is 1250. The largest absolute Gasteiger partial charge is 0.379 e. The van der Waals surface area contributed by atoms with Crippen LogP contribution < -0.4 is 4.90 Å². The van der Waals surface area contributed by atoms with Crippen molar-refractivity contribution in [1.82, 2.24) is 14.9 Å². The molecule has 1 amide bonds. The molecule has 6 rings (SSSR count). The number of halogens is 1. The number of ether oxygens (including phenoxy) is 2. The maximum atomic E-state index is 14.6. The third-order valence-electron chi connectivity index (χ3n) is 7.01. The van der Waals surface area contributed by atoms with Gasteiger partial charge in [0.25, 0.3) is 5.91 Å². The lowest BCUT2D eigenvalue weighted by atomic mass is 9.80. The standard InChI is InChI=1S/C26H25FN4O3/c1-17-3-2-4-20(23(17)27)19-12-28-25(29-13-19)31-14-26(15-34-16-26)21-6-5-18(11-22(21)31)24(32)30-7-9-33-10-8-30/h2-6,11-13H,7-10,14-16H2,1H3. The molecule has 2 saturated heterocycles. The van der Waals surface area contributed by atoms with Gasteiger partial charge in [-0.3, -0.25) is 4.79 Å². The topological polar surface area (TPSA) is 67.8 Å². The number of aryl methyl sites for hydroxylation is 1. The van der Waals surface area contributed by atoms with Gasteiger partial charge in [-0.15, -0.1) is 0 Å². The van der Waals surface area contributed by atoms with Crippen LogP contribution in [0.25, 0.3) is 11.1 Å². The van der Waals surface area contributed by atoms with Crippen molar-refractivity contribution in [3.05, 3.63) is 71.3 Å². The first-order chi connectivity index (χ1) is 16.6. The van der Waals surface area contributed by atoms with Gasteiger partial charge in [0.2, 0.25) is 5.95 Å². The lowest BCUT2D eigenvalue weighted by Crippen LogP contribution is -2.49. The van der Waals surface area contributed by atoms with Gasteiger partial charge < -0.3 is 19.3 Å². The van der Waals surface area contributed by atoms with Crippen LogP contribution in [-0.2, 0) is 14.9 Å². The molecule has 3 aliphatic rings. The molecule has 3 aromatic rings. The Morgan fingerprint density at radius 1 is 1.06 bits per heavy atom. The number of fused-ring (bicyclic) bond motifs is 2. The van der Waals surface area contributed by atoms with Crippen molar-refractivity contribution in [2.24, 2.45) is 0 Å². The van der Waals surface area contributed by atoms with E-state index in [0.29, 0.717) is 74.3 Å². The highest BCUT2D eigenvalue weighted by Gasteiger charge is 2.49. The van der Waals surface area contributed by atoms with E-state index in [2.05, 4.69) is 9.97 Å². The van der Waals surface area contributed by atoms with Crippen LogP contribution in [0.5, 0.6) is 0 Å². The molecule has 34 heavy (non-hydrogen) atoms. The summed E-state index contributed by atoms with van der Waals surface area (Å²) in [5.74, 6) is 0.267. The average Bonchev–Trinajstić information content (AvgIpc) is 3.21. The fraction of sp³-hybridized carbons (Fsp3) is 0.346. The maximum Gasteiger partial charge on any atom is 0.254 e. The summed E-state index contributed by atoms with van der Waals surface area (Å²) in [5.41, 5.74) is 4.28. The zero-order chi connectivity index (χ0) is 23.3. The Balaban J connectivity index is 1.34. The van der Waals surface area contributed by atoms with E-state index in [0.717, 1.165) is 11.3 Å². The molecule has 0 aliphatic carbocycles. The predicted molar refractivity (Wildman–Crippen MR) is 125 cm³/mol. The van der Waals surface area contributed by atoms with E-state index in [-0.39, 0.29) is 17.1 Å². The number of hydrogen-bond donors (Lipinski definition) is 0. The first-order valence-electron chi connectivity index (χ1n) is 11.5. The second-order valence-electron chi connectivity index (χ2n) is 9.20. The molecule has 0 bridgehead atoms. The molecule has 2 aromatic carbocycles. The van der Waals surface area contributed by atoms with Gasteiger partial charge in [-0.05, 0) is 30.2 Å². The molecule has 1 spiro atoms.